The summed E-state index contributed by atoms with van der Waals surface area (Å²) in [4.78, 5) is 26.5. The zero-order valence-electron chi connectivity index (χ0n) is 13.3. The van der Waals surface area contributed by atoms with Crippen molar-refractivity contribution in [2.45, 2.75) is 31.1 Å². The van der Waals surface area contributed by atoms with Crippen molar-refractivity contribution >= 4 is 17.6 Å². The van der Waals surface area contributed by atoms with Crippen molar-refractivity contribution in [3.8, 4) is 0 Å². The van der Waals surface area contributed by atoms with Crippen molar-refractivity contribution in [3.63, 3.8) is 0 Å². The molecule has 0 unspecified atom stereocenters. The molecule has 0 N–H and O–H groups in total. The van der Waals surface area contributed by atoms with Crippen LogP contribution in [0.2, 0.25) is 0 Å². The molecule has 0 aromatic heterocycles. The number of rotatable bonds is 4. The van der Waals surface area contributed by atoms with Gasteiger partial charge in [0.2, 0.25) is 5.91 Å². The quantitative estimate of drug-likeness (QED) is 0.777. The van der Waals surface area contributed by atoms with Gasteiger partial charge in [0.15, 0.2) is 0 Å². The van der Waals surface area contributed by atoms with Crippen LogP contribution >= 0.6 is 0 Å². The fourth-order valence-electron chi connectivity index (χ4n) is 4.40. The number of amides is 1. The molecule has 4 rings (SSSR count). The van der Waals surface area contributed by atoms with Crippen LogP contribution in [0.3, 0.4) is 0 Å². The van der Waals surface area contributed by atoms with Crippen molar-refractivity contribution in [2.24, 2.45) is 11.8 Å². The number of hydrogen-bond acceptors (Lipinski definition) is 4. The Morgan fingerprint density at radius 2 is 2.08 bits per heavy atom. The normalized spacial score (nSPS) is 36.2. The second-order valence-electron chi connectivity index (χ2n) is 6.84. The van der Waals surface area contributed by atoms with Gasteiger partial charge in [-0.05, 0) is 25.5 Å². The molecular formula is C19H18NO4-. The lowest BCUT2D eigenvalue weighted by atomic mass is 9.74. The highest BCUT2D eigenvalue weighted by molar-refractivity contribution is 6.03. The van der Waals surface area contributed by atoms with E-state index in [2.05, 4.69) is 6.58 Å². The number of anilines is 1. The standard InChI is InChI=1S/C19H19NO4/c1-11(2)10-14-19-9-8-13(24-19)15(18(22)23)16(19)17(21)20(14)12-6-4-3-5-7-12/h3-9,13-16H,1,10H2,2H3,(H,22,23)/p-1/t13-,14-,15+,16-,19+/m0/s1. The first-order chi connectivity index (χ1) is 11.5. The maximum absolute atomic E-state index is 13.2. The topological polar surface area (TPSA) is 69.7 Å². The summed E-state index contributed by atoms with van der Waals surface area (Å²) >= 11 is 0. The van der Waals surface area contributed by atoms with E-state index in [1.807, 2.05) is 43.3 Å². The van der Waals surface area contributed by atoms with Crippen molar-refractivity contribution in [2.75, 3.05) is 4.90 Å². The number of fused-ring (bicyclic) bond motifs is 1. The van der Waals surface area contributed by atoms with E-state index < -0.39 is 29.5 Å². The molecule has 5 atom stereocenters. The first-order valence-electron chi connectivity index (χ1n) is 8.06. The van der Waals surface area contributed by atoms with Crippen molar-refractivity contribution in [3.05, 3.63) is 54.6 Å². The third kappa shape index (κ3) is 1.85. The number of ether oxygens (including phenoxy) is 1. The second kappa shape index (κ2) is 5.05. The molecule has 0 saturated carbocycles. The van der Waals surface area contributed by atoms with Gasteiger partial charge in [-0.2, -0.15) is 0 Å². The fourth-order valence-corrected chi connectivity index (χ4v) is 4.40. The summed E-state index contributed by atoms with van der Waals surface area (Å²) in [5, 5.41) is 11.6. The van der Waals surface area contributed by atoms with Gasteiger partial charge in [-0.1, -0.05) is 35.9 Å². The van der Waals surface area contributed by atoms with Crippen molar-refractivity contribution in [1.29, 1.82) is 0 Å². The highest BCUT2D eigenvalue weighted by atomic mass is 16.5. The molecule has 3 aliphatic rings. The number of carbonyl (C=O) groups excluding carboxylic acids is 2. The number of aliphatic carboxylic acids is 1. The van der Waals surface area contributed by atoms with Crippen molar-refractivity contribution in [1.82, 2.24) is 0 Å². The third-order valence-electron chi connectivity index (χ3n) is 5.27. The Morgan fingerprint density at radius 3 is 2.71 bits per heavy atom. The summed E-state index contributed by atoms with van der Waals surface area (Å²) in [5.41, 5.74) is 0.748. The molecule has 5 nitrogen and oxygen atoms in total. The molecule has 5 heteroatoms. The summed E-state index contributed by atoms with van der Waals surface area (Å²) < 4.78 is 6.06. The lowest BCUT2D eigenvalue weighted by Gasteiger charge is -2.33. The Morgan fingerprint density at radius 1 is 1.38 bits per heavy atom. The molecule has 2 fully saturated rings. The van der Waals surface area contributed by atoms with Gasteiger partial charge in [0.05, 0.1) is 18.1 Å². The number of carbonyl (C=O) groups is 2. The monoisotopic (exact) mass is 324 g/mol. The molecule has 3 heterocycles. The smallest absolute Gasteiger partial charge is 0.234 e. The molecule has 2 bridgehead atoms. The zero-order chi connectivity index (χ0) is 17.1. The summed E-state index contributed by atoms with van der Waals surface area (Å²) in [6, 6.07) is 8.99. The van der Waals surface area contributed by atoms with Crippen LogP contribution in [0.5, 0.6) is 0 Å². The third-order valence-corrected chi connectivity index (χ3v) is 5.27. The van der Waals surface area contributed by atoms with E-state index in [0.717, 1.165) is 11.3 Å². The molecule has 1 aromatic carbocycles. The number of para-hydroxylation sites is 1. The van der Waals surface area contributed by atoms with E-state index in [4.69, 9.17) is 4.74 Å². The average molecular weight is 324 g/mol. The first-order valence-corrected chi connectivity index (χ1v) is 8.06. The largest absolute Gasteiger partial charge is 0.550 e. The lowest BCUT2D eigenvalue weighted by Crippen LogP contribution is -2.46. The van der Waals surface area contributed by atoms with Gasteiger partial charge in [-0.15, -0.1) is 6.58 Å². The van der Waals surface area contributed by atoms with Crippen LogP contribution in [-0.2, 0) is 14.3 Å². The Balaban J connectivity index is 1.85. The predicted octanol–water partition coefficient (Wildman–Crippen LogP) is 1.06. The number of benzene rings is 1. The summed E-state index contributed by atoms with van der Waals surface area (Å²) in [5.74, 6) is -3.13. The molecule has 1 aromatic rings. The van der Waals surface area contributed by atoms with Crippen LogP contribution in [0.25, 0.3) is 0 Å². The van der Waals surface area contributed by atoms with E-state index in [-0.39, 0.29) is 11.9 Å². The SMILES string of the molecule is C=C(C)C[C@@H]1N(c2ccccc2)C(=O)[C@@H]2[C@H](C(=O)[O-])[C@@H]3C=C[C@]21O3. The van der Waals surface area contributed by atoms with E-state index in [1.165, 1.54) is 0 Å². The van der Waals surface area contributed by atoms with E-state index >= 15 is 0 Å². The van der Waals surface area contributed by atoms with E-state index in [0.29, 0.717) is 6.42 Å². The maximum Gasteiger partial charge on any atom is 0.234 e. The van der Waals surface area contributed by atoms with Crippen LogP contribution in [0.15, 0.2) is 54.6 Å². The van der Waals surface area contributed by atoms with Crippen LogP contribution in [0, 0.1) is 11.8 Å². The Labute approximate surface area is 140 Å². The van der Waals surface area contributed by atoms with Crippen LogP contribution in [0.4, 0.5) is 5.69 Å². The number of nitrogens with zero attached hydrogens (tertiary/aromatic N) is 1. The Kier molecular flexibility index (Phi) is 3.18. The minimum atomic E-state index is -1.23. The predicted molar refractivity (Wildman–Crippen MR) is 85.9 cm³/mol. The minimum Gasteiger partial charge on any atom is -0.550 e. The molecule has 3 aliphatic heterocycles. The molecule has 2 saturated heterocycles. The highest BCUT2D eigenvalue weighted by Crippen LogP contribution is 2.56. The van der Waals surface area contributed by atoms with Crippen LogP contribution in [0.1, 0.15) is 13.3 Å². The van der Waals surface area contributed by atoms with E-state index in [9.17, 15) is 14.7 Å². The average Bonchev–Trinajstić information content (AvgIpc) is 3.17. The Hall–Kier alpha value is -2.40. The lowest BCUT2D eigenvalue weighted by molar-refractivity contribution is -0.313. The minimum absolute atomic E-state index is 0.214. The fraction of sp³-hybridized carbons (Fsp3) is 0.368. The number of carboxylic acids is 1. The summed E-state index contributed by atoms with van der Waals surface area (Å²) in [6.45, 7) is 5.87. The number of carboxylic acid groups (broad SMARTS) is 1. The van der Waals surface area contributed by atoms with Gasteiger partial charge < -0.3 is 19.5 Å². The second-order valence-corrected chi connectivity index (χ2v) is 6.84. The molecule has 124 valence electrons. The van der Waals surface area contributed by atoms with Gasteiger partial charge in [-0.3, -0.25) is 4.79 Å². The molecule has 24 heavy (non-hydrogen) atoms. The maximum atomic E-state index is 13.2. The van der Waals surface area contributed by atoms with Crippen LogP contribution < -0.4 is 10.0 Å². The number of hydrogen-bond donors (Lipinski definition) is 0. The van der Waals surface area contributed by atoms with Gasteiger partial charge in [0.1, 0.15) is 5.60 Å². The molecule has 0 radical (unpaired) electrons. The van der Waals surface area contributed by atoms with E-state index in [1.54, 1.807) is 11.0 Å². The van der Waals surface area contributed by atoms with Gasteiger partial charge >= 0.3 is 0 Å². The molecular weight excluding hydrogens is 306 g/mol. The van der Waals surface area contributed by atoms with Gasteiger partial charge in [0, 0.05) is 17.6 Å². The van der Waals surface area contributed by atoms with Crippen molar-refractivity contribution < 1.29 is 19.4 Å². The zero-order valence-corrected chi connectivity index (χ0v) is 13.3. The molecule has 0 aliphatic carbocycles. The van der Waals surface area contributed by atoms with Gasteiger partial charge in [0.25, 0.3) is 0 Å². The molecule has 1 amide bonds. The van der Waals surface area contributed by atoms with Gasteiger partial charge in [-0.25, -0.2) is 0 Å². The first kappa shape index (κ1) is 15.1. The summed E-state index contributed by atoms with van der Waals surface area (Å²) in [7, 11) is 0. The van der Waals surface area contributed by atoms with Crippen LogP contribution in [-0.4, -0.2) is 29.6 Å². The summed E-state index contributed by atoms with van der Waals surface area (Å²) in [6.07, 6.45) is 3.59. The molecule has 1 spiro atoms. The highest BCUT2D eigenvalue weighted by Gasteiger charge is 2.69. The Bertz CT molecular complexity index is 756.